The molecule has 0 fully saturated rings. The predicted octanol–water partition coefficient (Wildman–Crippen LogP) is 5.01. The van der Waals surface area contributed by atoms with Crippen LogP contribution in [0.3, 0.4) is 0 Å². The minimum atomic E-state index is -0.0319. The number of carbonyl (C=O) groups is 2. The van der Waals surface area contributed by atoms with Crippen LogP contribution in [0.1, 0.15) is 48.4 Å². The highest BCUT2D eigenvalue weighted by atomic mass is 16.1. The van der Waals surface area contributed by atoms with E-state index in [0.29, 0.717) is 0 Å². The maximum Gasteiger partial charge on any atom is 0.165 e. The number of hydrogen-bond donors (Lipinski definition) is 0. The highest BCUT2D eigenvalue weighted by Gasteiger charge is 2.16. The van der Waals surface area contributed by atoms with E-state index in [0.717, 1.165) is 32.9 Å². The van der Waals surface area contributed by atoms with Gasteiger partial charge in [0.1, 0.15) is 0 Å². The maximum atomic E-state index is 12.3. The van der Waals surface area contributed by atoms with Crippen molar-refractivity contribution < 1.29 is 9.59 Å². The third-order valence-corrected chi connectivity index (χ3v) is 4.62. The summed E-state index contributed by atoms with van der Waals surface area (Å²) in [6.45, 7) is 7.65. The molecule has 0 amide bonds. The summed E-state index contributed by atoms with van der Waals surface area (Å²) < 4.78 is 2.11. The molecule has 3 heteroatoms. The molecule has 3 rings (SSSR count). The van der Waals surface area contributed by atoms with Crippen molar-refractivity contribution in [2.24, 2.45) is 18.9 Å². The molecular weight excluding hydrogens is 298 g/mol. The van der Waals surface area contributed by atoms with E-state index in [1.807, 2.05) is 71.1 Å². The zero-order valence-corrected chi connectivity index (χ0v) is 14.9. The lowest BCUT2D eigenvalue weighted by atomic mass is 9.97. The van der Waals surface area contributed by atoms with Crippen LogP contribution in [0.4, 0.5) is 0 Å². The number of aromatic nitrogens is 1. The van der Waals surface area contributed by atoms with Gasteiger partial charge in [0.25, 0.3) is 0 Å². The van der Waals surface area contributed by atoms with Crippen LogP contribution in [0.5, 0.6) is 0 Å². The van der Waals surface area contributed by atoms with E-state index in [4.69, 9.17) is 0 Å². The standard InChI is InChI=1S/C21H23NO2/c1-12(2)20(23)14-6-8-18-16(10-14)17-11-15(21(24)13(3)4)7-9-19(17)22(18)5/h6-13H,1-5H3. The van der Waals surface area contributed by atoms with Gasteiger partial charge in [-0.25, -0.2) is 0 Å². The Kier molecular flexibility index (Phi) is 4.04. The molecule has 0 radical (unpaired) electrons. The van der Waals surface area contributed by atoms with Gasteiger partial charge in [0.05, 0.1) is 0 Å². The van der Waals surface area contributed by atoms with Crippen LogP contribution in [-0.4, -0.2) is 16.1 Å². The maximum absolute atomic E-state index is 12.3. The SMILES string of the molecule is CC(C)C(=O)c1ccc2c(c1)c1cc(C(=O)C(C)C)ccc1n2C. The number of ketones is 2. The largest absolute Gasteiger partial charge is 0.344 e. The van der Waals surface area contributed by atoms with Gasteiger partial charge in [0, 0.05) is 51.8 Å². The van der Waals surface area contributed by atoms with Gasteiger partial charge in [-0.1, -0.05) is 27.7 Å². The topological polar surface area (TPSA) is 39.1 Å². The molecule has 0 bridgehead atoms. The molecule has 0 aliphatic heterocycles. The summed E-state index contributed by atoms with van der Waals surface area (Å²) >= 11 is 0. The highest BCUT2D eigenvalue weighted by molar-refractivity contribution is 6.13. The van der Waals surface area contributed by atoms with Crippen LogP contribution in [0, 0.1) is 11.8 Å². The molecule has 1 heterocycles. The third kappa shape index (κ3) is 2.54. The number of nitrogens with zero attached hydrogens (tertiary/aromatic N) is 1. The quantitative estimate of drug-likeness (QED) is 0.634. The Morgan fingerprint density at radius 3 is 1.46 bits per heavy atom. The van der Waals surface area contributed by atoms with Gasteiger partial charge in [-0.2, -0.15) is 0 Å². The summed E-state index contributed by atoms with van der Waals surface area (Å²) in [6.07, 6.45) is 0. The molecular formula is C21H23NO2. The second-order valence-electron chi connectivity index (χ2n) is 7.06. The monoisotopic (exact) mass is 321 g/mol. The number of fused-ring (bicyclic) bond motifs is 3. The van der Waals surface area contributed by atoms with Gasteiger partial charge < -0.3 is 4.57 Å². The number of rotatable bonds is 4. The second-order valence-corrected chi connectivity index (χ2v) is 7.06. The van der Waals surface area contributed by atoms with Crippen LogP contribution in [0.2, 0.25) is 0 Å². The molecule has 0 aliphatic rings. The average molecular weight is 321 g/mol. The van der Waals surface area contributed by atoms with Crippen LogP contribution in [0.25, 0.3) is 21.8 Å². The molecule has 0 N–H and O–H groups in total. The predicted molar refractivity (Wildman–Crippen MR) is 98.8 cm³/mol. The molecule has 1 aromatic heterocycles. The molecule has 2 aromatic carbocycles. The summed E-state index contributed by atoms with van der Waals surface area (Å²) in [7, 11) is 2.01. The number of hydrogen-bond acceptors (Lipinski definition) is 2. The van der Waals surface area contributed by atoms with E-state index in [2.05, 4.69) is 4.57 Å². The van der Waals surface area contributed by atoms with Gasteiger partial charge in [0.15, 0.2) is 11.6 Å². The Hall–Kier alpha value is -2.42. The molecule has 3 aromatic rings. The zero-order valence-electron chi connectivity index (χ0n) is 14.9. The van der Waals surface area contributed by atoms with E-state index >= 15 is 0 Å². The van der Waals surface area contributed by atoms with E-state index in [9.17, 15) is 9.59 Å². The molecule has 0 saturated heterocycles. The van der Waals surface area contributed by atoms with Crippen LogP contribution in [0.15, 0.2) is 36.4 Å². The van der Waals surface area contributed by atoms with Crippen molar-refractivity contribution in [2.45, 2.75) is 27.7 Å². The van der Waals surface area contributed by atoms with Crippen LogP contribution >= 0.6 is 0 Å². The van der Waals surface area contributed by atoms with Crippen molar-refractivity contribution in [1.29, 1.82) is 0 Å². The third-order valence-electron chi connectivity index (χ3n) is 4.62. The lowest BCUT2D eigenvalue weighted by Crippen LogP contribution is -2.07. The minimum absolute atomic E-state index is 0.0319. The van der Waals surface area contributed by atoms with Gasteiger partial charge in [-0.15, -0.1) is 0 Å². The Labute approximate surface area is 142 Å². The highest BCUT2D eigenvalue weighted by Crippen LogP contribution is 2.30. The summed E-state index contributed by atoms with van der Waals surface area (Å²) in [5, 5.41) is 2.05. The first-order valence-corrected chi connectivity index (χ1v) is 8.42. The van der Waals surface area contributed by atoms with Crippen molar-refractivity contribution in [3.8, 4) is 0 Å². The first kappa shape index (κ1) is 16.4. The Balaban J connectivity index is 2.28. The summed E-state index contributed by atoms with van der Waals surface area (Å²) in [4.78, 5) is 24.7. The zero-order chi connectivity index (χ0) is 17.6. The van der Waals surface area contributed by atoms with Crippen LogP contribution < -0.4 is 0 Å². The van der Waals surface area contributed by atoms with E-state index < -0.39 is 0 Å². The molecule has 3 nitrogen and oxygen atoms in total. The summed E-state index contributed by atoms with van der Waals surface area (Å²) in [5.41, 5.74) is 3.59. The van der Waals surface area contributed by atoms with Crippen molar-refractivity contribution >= 4 is 33.4 Å². The van der Waals surface area contributed by atoms with Crippen molar-refractivity contribution in [1.82, 2.24) is 4.57 Å². The summed E-state index contributed by atoms with van der Waals surface area (Å²) in [6, 6.07) is 11.7. The minimum Gasteiger partial charge on any atom is -0.344 e. The van der Waals surface area contributed by atoms with Gasteiger partial charge in [-0.3, -0.25) is 9.59 Å². The molecule has 124 valence electrons. The Morgan fingerprint density at radius 1 is 0.750 bits per heavy atom. The molecule has 0 unspecified atom stereocenters. The van der Waals surface area contributed by atoms with Gasteiger partial charge >= 0.3 is 0 Å². The molecule has 0 saturated carbocycles. The fraction of sp³-hybridized carbons (Fsp3) is 0.333. The van der Waals surface area contributed by atoms with Crippen LogP contribution in [-0.2, 0) is 7.05 Å². The number of Topliss-reactive ketones (excluding diaryl/α,β-unsaturated/α-hetero) is 2. The van der Waals surface area contributed by atoms with Gasteiger partial charge in [-0.05, 0) is 36.4 Å². The lowest BCUT2D eigenvalue weighted by molar-refractivity contribution is 0.0932. The average Bonchev–Trinajstić information content (AvgIpc) is 2.85. The second kappa shape index (κ2) is 5.90. The van der Waals surface area contributed by atoms with Crippen molar-refractivity contribution in [2.75, 3.05) is 0 Å². The van der Waals surface area contributed by atoms with E-state index in [1.54, 1.807) is 0 Å². The number of benzene rings is 2. The fourth-order valence-electron chi connectivity index (χ4n) is 3.19. The number of carbonyl (C=O) groups excluding carboxylic acids is 2. The normalized spacial score (nSPS) is 11.8. The fourth-order valence-corrected chi connectivity index (χ4v) is 3.19. The first-order valence-electron chi connectivity index (χ1n) is 8.42. The lowest BCUT2D eigenvalue weighted by Gasteiger charge is -2.05. The van der Waals surface area contributed by atoms with E-state index in [-0.39, 0.29) is 23.4 Å². The molecule has 0 atom stereocenters. The molecule has 0 aliphatic carbocycles. The summed E-state index contributed by atoms with van der Waals surface area (Å²) in [5.74, 6) is 0.220. The van der Waals surface area contributed by atoms with Crippen molar-refractivity contribution in [3.63, 3.8) is 0 Å². The van der Waals surface area contributed by atoms with E-state index in [1.165, 1.54) is 0 Å². The Bertz CT molecular complexity index is 884. The molecule has 0 spiro atoms. The van der Waals surface area contributed by atoms with Crippen molar-refractivity contribution in [3.05, 3.63) is 47.5 Å². The van der Waals surface area contributed by atoms with Gasteiger partial charge in [0.2, 0.25) is 0 Å². The molecule has 24 heavy (non-hydrogen) atoms. The smallest absolute Gasteiger partial charge is 0.165 e. The Morgan fingerprint density at radius 2 is 1.12 bits per heavy atom. The number of aryl methyl sites for hydroxylation is 1. The first-order chi connectivity index (χ1) is 11.3.